The predicted molar refractivity (Wildman–Crippen MR) is 82.3 cm³/mol. The molecule has 0 saturated carbocycles. The molecule has 0 unspecified atom stereocenters. The Morgan fingerprint density at radius 2 is 1.55 bits per heavy atom. The van der Waals surface area contributed by atoms with Crippen molar-refractivity contribution in [3.63, 3.8) is 0 Å². The smallest absolute Gasteiger partial charge is 0.140 e. The van der Waals surface area contributed by atoms with Crippen LogP contribution in [0, 0.1) is 0 Å². The van der Waals surface area contributed by atoms with Crippen LogP contribution in [0.1, 0.15) is 5.56 Å². The molecule has 3 heteroatoms. The Morgan fingerprint density at radius 3 is 2.25 bits per heavy atom. The van der Waals surface area contributed by atoms with Gasteiger partial charge >= 0.3 is 0 Å². The summed E-state index contributed by atoms with van der Waals surface area (Å²) in [7, 11) is 7.89. The Morgan fingerprint density at radius 1 is 0.900 bits per heavy atom. The average Bonchev–Trinajstić information content (AvgIpc) is 2.46. The topological polar surface area (TPSA) is 18.5 Å². The number of methoxy groups -OCH3 is 2. The highest BCUT2D eigenvalue weighted by Gasteiger charge is 2.34. The summed E-state index contributed by atoms with van der Waals surface area (Å²) < 4.78 is 11.9. The lowest BCUT2D eigenvalue weighted by molar-refractivity contribution is 0.358. The third kappa shape index (κ3) is 1.78. The molecular weight excluding hydrogens is 250 g/mol. The Balaban J connectivity index is 2.37. The normalized spacial score (nSPS) is 15.2. The quantitative estimate of drug-likeness (QED) is 0.778. The Kier molecular flexibility index (Phi) is 2.94. The Hall–Kier alpha value is -2.00. The lowest BCUT2D eigenvalue weighted by atomic mass is 9.90. The number of benzene rings is 2. The summed E-state index contributed by atoms with van der Waals surface area (Å²) in [5.41, 5.74) is 4.93. The lowest BCUT2D eigenvalue weighted by Gasteiger charge is -2.36. The maximum atomic E-state index is 5.57. The van der Waals surface area contributed by atoms with Crippen LogP contribution in [0.4, 0.5) is 5.69 Å². The summed E-state index contributed by atoms with van der Waals surface area (Å²) in [5, 5.41) is 0. The van der Waals surface area contributed by atoms with Crippen molar-refractivity contribution in [1.29, 1.82) is 0 Å². The molecule has 0 spiro atoms. The highest BCUT2D eigenvalue weighted by Crippen LogP contribution is 2.48. The fourth-order valence-corrected chi connectivity index (χ4v) is 3.11. The molecule has 3 rings (SSSR count). The van der Waals surface area contributed by atoms with E-state index in [2.05, 4.69) is 38.4 Å². The Labute approximate surface area is 120 Å². The van der Waals surface area contributed by atoms with E-state index in [1.54, 1.807) is 14.2 Å². The zero-order valence-corrected chi connectivity index (χ0v) is 12.4. The van der Waals surface area contributed by atoms with E-state index in [4.69, 9.17) is 9.47 Å². The number of nitrogens with zero attached hydrogens (tertiary/aromatic N) is 1. The van der Waals surface area contributed by atoms with E-state index >= 15 is 0 Å². The summed E-state index contributed by atoms with van der Waals surface area (Å²) in [5.74, 6) is 1.84. The maximum absolute atomic E-state index is 5.57. The lowest BCUT2D eigenvalue weighted by Crippen LogP contribution is -2.42. The molecule has 0 radical (unpaired) electrons. The second-order valence-corrected chi connectivity index (χ2v) is 5.68. The van der Waals surface area contributed by atoms with Crippen molar-refractivity contribution < 1.29 is 9.47 Å². The predicted octanol–water partition coefficient (Wildman–Crippen LogP) is 3.45. The van der Waals surface area contributed by atoms with Gasteiger partial charge in [0.1, 0.15) is 23.7 Å². The van der Waals surface area contributed by atoms with E-state index in [9.17, 15) is 0 Å². The largest absolute Gasteiger partial charge is 0.496 e. The van der Waals surface area contributed by atoms with Crippen LogP contribution < -0.4 is 14.0 Å². The zero-order chi connectivity index (χ0) is 14.3. The van der Waals surface area contributed by atoms with Crippen molar-refractivity contribution in [1.82, 2.24) is 4.48 Å². The first-order chi connectivity index (χ1) is 9.58. The van der Waals surface area contributed by atoms with Crippen LogP contribution in [0.5, 0.6) is 11.5 Å². The van der Waals surface area contributed by atoms with Crippen molar-refractivity contribution in [2.24, 2.45) is 0 Å². The molecule has 0 atom stereocenters. The van der Waals surface area contributed by atoms with Gasteiger partial charge in [-0.25, -0.2) is 0 Å². The number of hydrogen-bond donors (Lipinski definition) is 0. The number of para-hydroxylation sites is 1. The first kappa shape index (κ1) is 13.0. The van der Waals surface area contributed by atoms with Gasteiger partial charge in [-0.15, -0.1) is 0 Å². The van der Waals surface area contributed by atoms with Crippen molar-refractivity contribution in [2.75, 3.05) is 28.3 Å². The number of hydrogen-bond acceptors (Lipinski definition) is 2. The van der Waals surface area contributed by atoms with Gasteiger partial charge in [0.2, 0.25) is 0 Å². The standard InChI is InChI=1S/C17H20NO2/c1-18(2)11-13-15(19-3)9-10-16(20-4)17(13)12-7-5-6-8-14(12)18/h5-10H,11H2,1-4H3/q+1. The molecule has 1 heterocycles. The van der Waals surface area contributed by atoms with Crippen molar-refractivity contribution >= 4 is 5.69 Å². The van der Waals surface area contributed by atoms with E-state index in [0.717, 1.165) is 22.5 Å². The van der Waals surface area contributed by atoms with Gasteiger partial charge in [0, 0.05) is 11.1 Å². The maximum Gasteiger partial charge on any atom is 0.140 e. The summed E-state index contributed by atoms with van der Waals surface area (Å²) in [6.07, 6.45) is 0. The van der Waals surface area contributed by atoms with Gasteiger partial charge in [-0.1, -0.05) is 12.1 Å². The third-order valence-electron chi connectivity index (χ3n) is 4.05. The number of quaternary nitrogens is 1. The van der Waals surface area contributed by atoms with Gasteiger partial charge in [0.05, 0.1) is 33.9 Å². The zero-order valence-electron chi connectivity index (χ0n) is 12.4. The van der Waals surface area contributed by atoms with Gasteiger partial charge in [0.25, 0.3) is 0 Å². The minimum atomic E-state index is 0.812. The van der Waals surface area contributed by atoms with E-state index in [0.29, 0.717) is 0 Å². The van der Waals surface area contributed by atoms with Gasteiger partial charge in [0.15, 0.2) is 0 Å². The van der Waals surface area contributed by atoms with Crippen LogP contribution >= 0.6 is 0 Å². The summed E-state index contributed by atoms with van der Waals surface area (Å²) in [6, 6.07) is 12.5. The van der Waals surface area contributed by atoms with Crippen LogP contribution in [-0.2, 0) is 6.54 Å². The molecule has 104 valence electrons. The van der Waals surface area contributed by atoms with Crippen molar-refractivity contribution in [3.05, 3.63) is 42.0 Å². The number of fused-ring (bicyclic) bond motifs is 3. The molecule has 1 aliphatic rings. The molecule has 20 heavy (non-hydrogen) atoms. The van der Waals surface area contributed by atoms with Crippen molar-refractivity contribution in [2.45, 2.75) is 6.54 Å². The second-order valence-electron chi connectivity index (χ2n) is 5.68. The van der Waals surface area contributed by atoms with Crippen LogP contribution in [-0.4, -0.2) is 28.3 Å². The molecule has 0 amide bonds. The van der Waals surface area contributed by atoms with Crippen LogP contribution in [0.2, 0.25) is 0 Å². The molecule has 3 nitrogen and oxygen atoms in total. The molecule has 0 bridgehead atoms. The molecule has 2 aromatic rings. The molecule has 2 aromatic carbocycles. The van der Waals surface area contributed by atoms with Gasteiger partial charge < -0.3 is 9.47 Å². The Bertz CT molecular complexity index is 662. The first-order valence-corrected chi connectivity index (χ1v) is 6.75. The molecule has 0 aromatic heterocycles. The molecule has 1 aliphatic heterocycles. The minimum absolute atomic E-state index is 0.812. The summed E-state index contributed by atoms with van der Waals surface area (Å²) >= 11 is 0. The molecule has 0 fully saturated rings. The van der Waals surface area contributed by atoms with Gasteiger partial charge in [-0.05, 0) is 24.3 Å². The molecule has 0 saturated heterocycles. The second kappa shape index (κ2) is 4.53. The highest BCUT2D eigenvalue weighted by atomic mass is 16.5. The summed E-state index contributed by atoms with van der Waals surface area (Å²) in [4.78, 5) is 0. The van der Waals surface area contributed by atoms with Crippen LogP contribution in [0.15, 0.2) is 36.4 Å². The highest BCUT2D eigenvalue weighted by molar-refractivity contribution is 5.87. The van der Waals surface area contributed by atoms with Crippen LogP contribution in [0.3, 0.4) is 0 Å². The van der Waals surface area contributed by atoms with Gasteiger partial charge in [-0.3, -0.25) is 4.48 Å². The van der Waals surface area contributed by atoms with Crippen molar-refractivity contribution in [3.8, 4) is 22.6 Å². The fourth-order valence-electron chi connectivity index (χ4n) is 3.11. The van der Waals surface area contributed by atoms with E-state index in [1.165, 1.54) is 22.4 Å². The molecule has 0 N–H and O–H groups in total. The molecular formula is C17H20NO2+. The van der Waals surface area contributed by atoms with E-state index in [1.807, 2.05) is 12.1 Å². The third-order valence-corrected chi connectivity index (χ3v) is 4.05. The molecule has 0 aliphatic carbocycles. The SMILES string of the molecule is COc1ccc(OC)c2c1C[N+](C)(C)c1ccccc1-2. The van der Waals surface area contributed by atoms with E-state index < -0.39 is 0 Å². The number of rotatable bonds is 2. The van der Waals surface area contributed by atoms with Gasteiger partial charge in [-0.2, -0.15) is 0 Å². The number of ether oxygens (including phenoxy) is 2. The fraction of sp³-hybridized carbons (Fsp3) is 0.294. The minimum Gasteiger partial charge on any atom is -0.496 e. The van der Waals surface area contributed by atoms with E-state index in [-0.39, 0.29) is 0 Å². The monoisotopic (exact) mass is 270 g/mol. The summed E-state index contributed by atoms with van der Waals surface area (Å²) in [6.45, 7) is 0.896. The average molecular weight is 270 g/mol. The van der Waals surface area contributed by atoms with Crippen LogP contribution in [0.25, 0.3) is 11.1 Å². The first-order valence-electron chi connectivity index (χ1n) is 6.75.